The maximum absolute atomic E-state index is 13.6. The average Bonchev–Trinajstić information content (AvgIpc) is 3.22. The summed E-state index contributed by atoms with van der Waals surface area (Å²) >= 11 is 1.49. The minimum absolute atomic E-state index is 0.0603. The van der Waals surface area contributed by atoms with E-state index in [9.17, 15) is 9.59 Å². The molecule has 4 aliphatic carbocycles. The summed E-state index contributed by atoms with van der Waals surface area (Å²) < 4.78 is 0. The lowest BCUT2D eigenvalue weighted by atomic mass is 9.49. The minimum Gasteiger partial charge on any atom is -0.330 e. The highest BCUT2D eigenvalue weighted by molar-refractivity contribution is 7.15. The summed E-state index contributed by atoms with van der Waals surface area (Å²) in [6.45, 7) is 2.71. The van der Waals surface area contributed by atoms with E-state index in [1.807, 2.05) is 11.8 Å². The van der Waals surface area contributed by atoms with Crippen LogP contribution < -0.4 is 5.32 Å². The molecule has 0 aromatic carbocycles. The molecular formula is C20H27N3O2S. The highest BCUT2D eigenvalue weighted by Crippen LogP contribution is 2.60. The van der Waals surface area contributed by atoms with Crippen LogP contribution in [0.3, 0.4) is 0 Å². The number of hydrogen-bond acceptors (Lipinski definition) is 4. The van der Waals surface area contributed by atoms with Gasteiger partial charge in [-0.15, -0.1) is 11.3 Å². The first-order chi connectivity index (χ1) is 12.5. The molecule has 4 bridgehead atoms. The van der Waals surface area contributed by atoms with Crippen LogP contribution in [0.4, 0.5) is 5.13 Å². The molecule has 4 saturated carbocycles. The molecule has 6 rings (SSSR count). The van der Waals surface area contributed by atoms with Crippen molar-refractivity contribution in [2.75, 3.05) is 11.9 Å². The Labute approximate surface area is 158 Å². The fraction of sp³-hybridized carbons (Fsp3) is 0.750. The smallest absolute Gasteiger partial charge is 0.248 e. The predicted molar refractivity (Wildman–Crippen MR) is 101 cm³/mol. The molecule has 5 fully saturated rings. The van der Waals surface area contributed by atoms with Crippen molar-refractivity contribution in [2.45, 2.75) is 64.3 Å². The normalized spacial score (nSPS) is 38.0. The molecule has 1 unspecified atom stereocenters. The second-order valence-electron chi connectivity index (χ2n) is 9.12. The average molecular weight is 374 g/mol. The first kappa shape index (κ1) is 16.7. The third kappa shape index (κ3) is 2.68. The molecule has 1 atom stereocenters. The molecular weight excluding hydrogens is 346 g/mol. The SMILES string of the molecule is Cc1cnc(NC(=O)C2CCCN2C(=O)C23CC4CC(CC(C4)C2)C3)s1. The molecule has 1 N–H and O–H groups in total. The second-order valence-corrected chi connectivity index (χ2v) is 10.4. The maximum atomic E-state index is 13.6. The van der Waals surface area contributed by atoms with Crippen molar-refractivity contribution in [2.24, 2.45) is 23.2 Å². The Balaban J connectivity index is 1.34. The standard InChI is InChI=1S/C20H27N3O2S/c1-12-11-21-19(26-12)22-17(24)16-3-2-4-23(16)18(25)20-8-13-5-14(9-20)7-15(6-13)10-20/h11,13-16H,2-10H2,1H3,(H,21,22,24). The first-order valence-electron chi connectivity index (χ1n) is 10.1. The molecule has 2 heterocycles. The first-order valence-corrected chi connectivity index (χ1v) is 10.9. The number of nitrogens with zero attached hydrogens (tertiary/aromatic N) is 2. The summed E-state index contributed by atoms with van der Waals surface area (Å²) in [6.07, 6.45) is 10.7. The largest absolute Gasteiger partial charge is 0.330 e. The summed E-state index contributed by atoms with van der Waals surface area (Å²) in [6, 6.07) is -0.320. The van der Waals surface area contributed by atoms with Gasteiger partial charge in [-0.3, -0.25) is 9.59 Å². The van der Waals surface area contributed by atoms with E-state index in [1.165, 1.54) is 30.6 Å². The Morgan fingerprint density at radius 2 is 1.85 bits per heavy atom. The second kappa shape index (κ2) is 6.04. The Morgan fingerprint density at radius 1 is 1.19 bits per heavy atom. The number of hydrogen-bond donors (Lipinski definition) is 1. The van der Waals surface area contributed by atoms with Gasteiger partial charge in [0.1, 0.15) is 6.04 Å². The molecule has 0 radical (unpaired) electrons. The Kier molecular flexibility index (Phi) is 3.89. The molecule has 6 heteroatoms. The molecule has 5 aliphatic rings. The van der Waals surface area contributed by atoms with Gasteiger partial charge in [0.05, 0.1) is 5.41 Å². The summed E-state index contributed by atoms with van der Waals surface area (Å²) in [5.74, 6) is 2.47. The van der Waals surface area contributed by atoms with Crippen molar-refractivity contribution in [1.29, 1.82) is 0 Å². The van der Waals surface area contributed by atoms with Crippen molar-refractivity contribution in [3.05, 3.63) is 11.1 Å². The van der Waals surface area contributed by atoms with E-state index in [-0.39, 0.29) is 23.3 Å². The zero-order valence-corrected chi connectivity index (χ0v) is 16.2. The van der Waals surface area contributed by atoms with E-state index in [4.69, 9.17) is 0 Å². The molecule has 2 amide bonds. The third-order valence-electron chi connectivity index (χ3n) is 7.16. The van der Waals surface area contributed by atoms with Crippen LogP contribution in [0, 0.1) is 30.1 Å². The van der Waals surface area contributed by atoms with Crippen LogP contribution in [0.1, 0.15) is 56.2 Å². The summed E-state index contributed by atoms with van der Waals surface area (Å²) in [5.41, 5.74) is -0.157. The fourth-order valence-corrected chi connectivity index (χ4v) is 7.23. The Bertz CT molecular complexity index is 708. The third-order valence-corrected chi connectivity index (χ3v) is 7.99. The summed E-state index contributed by atoms with van der Waals surface area (Å²) in [5, 5.41) is 3.58. The van der Waals surface area contributed by atoms with Gasteiger partial charge in [-0.25, -0.2) is 4.98 Å². The van der Waals surface area contributed by atoms with E-state index >= 15 is 0 Å². The van der Waals surface area contributed by atoms with Gasteiger partial charge >= 0.3 is 0 Å². The molecule has 1 aromatic heterocycles. The molecule has 0 spiro atoms. The lowest BCUT2D eigenvalue weighted by molar-refractivity contribution is -0.160. The molecule has 5 nitrogen and oxygen atoms in total. The number of aromatic nitrogens is 1. The molecule has 1 saturated heterocycles. The van der Waals surface area contributed by atoms with E-state index in [0.717, 1.165) is 61.3 Å². The Morgan fingerprint density at radius 3 is 2.42 bits per heavy atom. The lowest BCUT2D eigenvalue weighted by Crippen LogP contribution is -2.56. The highest BCUT2D eigenvalue weighted by Gasteiger charge is 2.56. The molecule has 1 aliphatic heterocycles. The van der Waals surface area contributed by atoms with Crippen molar-refractivity contribution in [1.82, 2.24) is 9.88 Å². The van der Waals surface area contributed by atoms with Crippen LogP contribution in [-0.4, -0.2) is 34.3 Å². The van der Waals surface area contributed by atoms with Gasteiger partial charge in [0, 0.05) is 17.6 Å². The lowest BCUT2D eigenvalue weighted by Gasteiger charge is -2.56. The van der Waals surface area contributed by atoms with Crippen molar-refractivity contribution >= 4 is 28.3 Å². The van der Waals surface area contributed by atoms with Crippen LogP contribution in [0.2, 0.25) is 0 Å². The van der Waals surface area contributed by atoms with Gasteiger partial charge in [-0.2, -0.15) is 0 Å². The van der Waals surface area contributed by atoms with Crippen molar-refractivity contribution in [3.8, 4) is 0 Å². The number of aryl methyl sites for hydroxylation is 1. The topological polar surface area (TPSA) is 62.3 Å². The molecule has 140 valence electrons. The number of anilines is 1. The van der Waals surface area contributed by atoms with Gasteiger partial charge in [0.15, 0.2) is 5.13 Å². The van der Waals surface area contributed by atoms with Crippen LogP contribution >= 0.6 is 11.3 Å². The zero-order chi connectivity index (χ0) is 17.9. The van der Waals surface area contributed by atoms with E-state index in [2.05, 4.69) is 10.3 Å². The van der Waals surface area contributed by atoms with Gasteiger partial charge in [0.2, 0.25) is 11.8 Å². The quantitative estimate of drug-likeness (QED) is 0.881. The monoisotopic (exact) mass is 373 g/mol. The summed E-state index contributed by atoms with van der Waals surface area (Å²) in [4.78, 5) is 33.7. The maximum Gasteiger partial charge on any atom is 0.248 e. The highest BCUT2D eigenvalue weighted by atomic mass is 32.1. The van der Waals surface area contributed by atoms with E-state index < -0.39 is 0 Å². The van der Waals surface area contributed by atoms with Crippen LogP contribution in [0.5, 0.6) is 0 Å². The molecule has 1 aromatic rings. The van der Waals surface area contributed by atoms with Gasteiger partial charge in [-0.1, -0.05) is 0 Å². The van der Waals surface area contributed by atoms with Gasteiger partial charge < -0.3 is 10.2 Å². The summed E-state index contributed by atoms with van der Waals surface area (Å²) in [7, 11) is 0. The van der Waals surface area contributed by atoms with Crippen LogP contribution in [0.25, 0.3) is 0 Å². The number of amides is 2. The number of thiazole rings is 1. The molecule has 26 heavy (non-hydrogen) atoms. The number of likely N-dealkylation sites (tertiary alicyclic amines) is 1. The van der Waals surface area contributed by atoms with E-state index in [0.29, 0.717) is 5.13 Å². The van der Waals surface area contributed by atoms with E-state index in [1.54, 1.807) is 6.20 Å². The predicted octanol–water partition coefficient (Wildman–Crippen LogP) is 3.60. The number of carbonyl (C=O) groups is 2. The number of carbonyl (C=O) groups excluding carboxylic acids is 2. The fourth-order valence-electron chi connectivity index (χ4n) is 6.56. The number of nitrogens with one attached hydrogen (secondary N) is 1. The van der Waals surface area contributed by atoms with Gasteiger partial charge in [0.25, 0.3) is 0 Å². The number of rotatable bonds is 3. The van der Waals surface area contributed by atoms with Crippen molar-refractivity contribution < 1.29 is 9.59 Å². The minimum atomic E-state index is -0.320. The van der Waals surface area contributed by atoms with Crippen LogP contribution in [-0.2, 0) is 9.59 Å². The zero-order valence-electron chi connectivity index (χ0n) is 15.4. The van der Waals surface area contributed by atoms with Crippen LogP contribution in [0.15, 0.2) is 6.20 Å². The van der Waals surface area contributed by atoms with Gasteiger partial charge in [-0.05, 0) is 76.0 Å². The Hall–Kier alpha value is -1.43. The van der Waals surface area contributed by atoms with Crippen molar-refractivity contribution in [3.63, 3.8) is 0 Å².